The fourth-order valence-corrected chi connectivity index (χ4v) is 2.19. The van der Waals surface area contributed by atoms with Gasteiger partial charge in [0, 0.05) is 12.4 Å². The molecule has 3 nitrogen and oxygen atoms in total. The first-order valence-corrected chi connectivity index (χ1v) is 6.38. The van der Waals surface area contributed by atoms with Gasteiger partial charge in [0.1, 0.15) is 5.82 Å². The Morgan fingerprint density at radius 1 is 1.26 bits per heavy atom. The molecule has 2 rings (SSSR count). The van der Waals surface area contributed by atoms with Gasteiger partial charge in [0.2, 0.25) is 0 Å². The first-order valence-electron chi connectivity index (χ1n) is 6.38. The lowest BCUT2D eigenvalue weighted by Crippen LogP contribution is -2.30. The number of hydrogen-bond acceptors (Lipinski definition) is 3. The molecule has 0 aliphatic carbocycles. The summed E-state index contributed by atoms with van der Waals surface area (Å²) >= 11 is 0. The Morgan fingerprint density at radius 2 is 2.00 bits per heavy atom. The Morgan fingerprint density at radius 3 is 2.63 bits per heavy atom. The van der Waals surface area contributed by atoms with Crippen LogP contribution < -0.4 is 11.3 Å². The number of aromatic nitrogens is 1. The van der Waals surface area contributed by atoms with E-state index in [1.54, 1.807) is 18.3 Å². The maximum Gasteiger partial charge on any atom is 0.123 e. The van der Waals surface area contributed by atoms with Gasteiger partial charge in [0.05, 0.1) is 6.04 Å². The molecule has 1 aromatic carbocycles. The van der Waals surface area contributed by atoms with E-state index in [-0.39, 0.29) is 11.9 Å². The van der Waals surface area contributed by atoms with E-state index < -0.39 is 0 Å². The lowest BCUT2D eigenvalue weighted by atomic mass is 9.95. The number of nitrogens with one attached hydrogen (secondary N) is 1. The molecule has 0 aliphatic heterocycles. The van der Waals surface area contributed by atoms with Crippen molar-refractivity contribution in [3.63, 3.8) is 0 Å². The number of hydrogen-bond donors (Lipinski definition) is 2. The van der Waals surface area contributed by atoms with Crippen LogP contribution in [0.15, 0.2) is 42.7 Å². The van der Waals surface area contributed by atoms with Gasteiger partial charge < -0.3 is 0 Å². The molecule has 0 saturated carbocycles. The third-order valence-corrected chi connectivity index (χ3v) is 3.25. The van der Waals surface area contributed by atoms with Crippen molar-refractivity contribution in [1.82, 2.24) is 10.4 Å². The number of aryl methyl sites for hydroxylation is 1. The molecular weight excluding hydrogens is 241 g/mol. The highest BCUT2D eigenvalue weighted by atomic mass is 19.1. The van der Waals surface area contributed by atoms with E-state index in [4.69, 9.17) is 5.84 Å². The van der Waals surface area contributed by atoms with Crippen LogP contribution in [0.3, 0.4) is 0 Å². The Balaban J connectivity index is 2.22. The Labute approximate surface area is 112 Å². The standard InChI is InChI=1S/C15H18FN3/c1-2-12-10-18-8-7-14(12)15(19-17)9-11-3-5-13(16)6-4-11/h3-8,10,15,19H,2,9,17H2,1H3. The fourth-order valence-electron chi connectivity index (χ4n) is 2.19. The molecule has 0 saturated heterocycles. The summed E-state index contributed by atoms with van der Waals surface area (Å²) in [5.74, 6) is 5.44. The van der Waals surface area contributed by atoms with Crippen LogP contribution in [0.2, 0.25) is 0 Å². The van der Waals surface area contributed by atoms with Crippen LogP contribution in [0.5, 0.6) is 0 Å². The molecule has 100 valence electrons. The quantitative estimate of drug-likeness (QED) is 0.641. The van der Waals surface area contributed by atoms with Gasteiger partial charge in [0.15, 0.2) is 0 Å². The highest BCUT2D eigenvalue weighted by Crippen LogP contribution is 2.21. The summed E-state index contributed by atoms with van der Waals surface area (Å²) in [7, 11) is 0. The summed E-state index contributed by atoms with van der Waals surface area (Å²) in [5.41, 5.74) is 6.20. The topological polar surface area (TPSA) is 50.9 Å². The van der Waals surface area contributed by atoms with Crippen LogP contribution in [0.1, 0.15) is 29.7 Å². The summed E-state index contributed by atoms with van der Waals surface area (Å²) in [4.78, 5) is 4.13. The average molecular weight is 259 g/mol. The Bertz CT molecular complexity index is 525. The van der Waals surface area contributed by atoms with Crippen molar-refractivity contribution in [2.24, 2.45) is 5.84 Å². The minimum Gasteiger partial charge on any atom is -0.271 e. The van der Waals surface area contributed by atoms with E-state index in [2.05, 4.69) is 17.3 Å². The van der Waals surface area contributed by atoms with Gasteiger partial charge in [-0.25, -0.2) is 4.39 Å². The zero-order valence-electron chi connectivity index (χ0n) is 10.9. The summed E-state index contributed by atoms with van der Waals surface area (Å²) in [5, 5.41) is 0. The van der Waals surface area contributed by atoms with E-state index >= 15 is 0 Å². The number of pyridine rings is 1. The van der Waals surface area contributed by atoms with Crippen molar-refractivity contribution >= 4 is 0 Å². The molecule has 1 unspecified atom stereocenters. The van der Waals surface area contributed by atoms with E-state index in [1.807, 2.05) is 12.3 Å². The molecule has 1 heterocycles. The van der Waals surface area contributed by atoms with Gasteiger partial charge >= 0.3 is 0 Å². The number of benzene rings is 1. The predicted octanol–water partition coefficient (Wildman–Crippen LogP) is 2.53. The maximum absolute atomic E-state index is 12.9. The third-order valence-electron chi connectivity index (χ3n) is 3.25. The highest BCUT2D eigenvalue weighted by Gasteiger charge is 2.13. The van der Waals surface area contributed by atoms with Gasteiger partial charge in [0.25, 0.3) is 0 Å². The first kappa shape index (κ1) is 13.6. The van der Waals surface area contributed by atoms with Crippen LogP contribution in [0.4, 0.5) is 4.39 Å². The van der Waals surface area contributed by atoms with Crippen molar-refractivity contribution in [2.75, 3.05) is 0 Å². The van der Waals surface area contributed by atoms with Crippen molar-refractivity contribution < 1.29 is 4.39 Å². The molecule has 4 heteroatoms. The van der Waals surface area contributed by atoms with Crippen molar-refractivity contribution in [2.45, 2.75) is 25.8 Å². The SMILES string of the molecule is CCc1cnccc1C(Cc1ccc(F)cc1)NN. The molecular formula is C15H18FN3. The van der Waals surface area contributed by atoms with Crippen LogP contribution in [-0.4, -0.2) is 4.98 Å². The van der Waals surface area contributed by atoms with Crippen LogP contribution >= 0.6 is 0 Å². The number of rotatable bonds is 5. The van der Waals surface area contributed by atoms with Crippen molar-refractivity contribution in [1.29, 1.82) is 0 Å². The zero-order valence-corrected chi connectivity index (χ0v) is 10.9. The van der Waals surface area contributed by atoms with E-state index in [0.717, 1.165) is 17.5 Å². The Kier molecular flexibility index (Phi) is 4.60. The molecule has 0 bridgehead atoms. The summed E-state index contributed by atoms with van der Waals surface area (Å²) < 4.78 is 12.9. The molecule has 3 N–H and O–H groups in total. The normalized spacial score (nSPS) is 12.4. The van der Waals surface area contributed by atoms with Crippen molar-refractivity contribution in [3.8, 4) is 0 Å². The van der Waals surface area contributed by atoms with Gasteiger partial charge in [-0.3, -0.25) is 16.3 Å². The van der Waals surface area contributed by atoms with Gasteiger partial charge in [-0.1, -0.05) is 19.1 Å². The lowest BCUT2D eigenvalue weighted by molar-refractivity contribution is 0.546. The monoisotopic (exact) mass is 259 g/mol. The van der Waals surface area contributed by atoms with Gasteiger partial charge in [-0.15, -0.1) is 0 Å². The number of halogens is 1. The van der Waals surface area contributed by atoms with Gasteiger partial charge in [-0.2, -0.15) is 0 Å². The second-order valence-corrected chi connectivity index (χ2v) is 4.48. The van der Waals surface area contributed by atoms with Crippen LogP contribution in [0.25, 0.3) is 0 Å². The maximum atomic E-state index is 12.9. The zero-order chi connectivity index (χ0) is 13.7. The van der Waals surface area contributed by atoms with Gasteiger partial charge in [-0.05, 0) is 47.7 Å². The fraction of sp³-hybridized carbons (Fsp3) is 0.267. The summed E-state index contributed by atoms with van der Waals surface area (Å²) in [6.07, 6.45) is 5.26. The molecule has 0 spiro atoms. The molecule has 0 radical (unpaired) electrons. The molecule has 0 amide bonds. The second kappa shape index (κ2) is 6.41. The second-order valence-electron chi connectivity index (χ2n) is 4.48. The van der Waals surface area contributed by atoms with E-state index in [9.17, 15) is 4.39 Å². The minimum absolute atomic E-state index is 0.00316. The lowest BCUT2D eigenvalue weighted by Gasteiger charge is -2.19. The molecule has 19 heavy (non-hydrogen) atoms. The van der Waals surface area contributed by atoms with Crippen molar-refractivity contribution in [3.05, 3.63) is 65.2 Å². The Hall–Kier alpha value is -1.78. The number of nitrogens with two attached hydrogens (primary N) is 1. The molecule has 0 aliphatic rings. The number of nitrogens with zero attached hydrogens (tertiary/aromatic N) is 1. The first-order chi connectivity index (χ1) is 9.24. The average Bonchev–Trinajstić information content (AvgIpc) is 2.46. The molecule has 2 aromatic rings. The van der Waals surface area contributed by atoms with Crippen LogP contribution in [-0.2, 0) is 12.8 Å². The van der Waals surface area contributed by atoms with Crippen LogP contribution in [0, 0.1) is 5.82 Å². The predicted molar refractivity (Wildman–Crippen MR) is 73.8 cm³/mol. The largest absolute Gasteiger partial charge is 0.271 e. The third kappa shape index (κ3) is 3.36. The summed E-state index contributed by atoms with van der Waals surface area (Å²) in [6.45, 7) is 2.09. The highest BCUT2D eigenvalue weighted by molar-refractivity contribution is 5.29. The molecule has 1 aromatic heterocycles. The minimum atomic E-state index is -0.223. The number of hydrazine groups is 1. The molecule has 1 atom stereocenters. The van der Waals surface area contributed by atoms with E-state index in [1.165, 1.54) is 17.7 Å². The van der Waals surface area contributed by atoms with E-state index in [0.29, 0.717) is 6.42 Å². The summed E-state index contributed by atoms with van der Waals surface area (Å²) in [6, 6.07) is 8.49. The smallest absolute Gasteiger partial charge is 0.123 e. The molecule has 0 fully saturated rings.